The Labute approximate surface area is 173 Å². The molecule has 0 fully saturated rings. The molecule has 0 atom stereocenters. The molecule has 2 aromatic carbocycles. The predicted octanol–water partition coefficient (Wildman–Crippen LogP) is 4.77. The minimum absolute atomic E-state index is 0.0235. The van der Waals surface area contributed by atoms with Gasteiger partial charge in [-0.05, 0) is 43.2 Å². The molecule has 0 aliphatic rings. The molecule has 0 N–H and O–H groups in total. The van der Waals surface area contributed by atoms with Gasteiger partial charge in [-0.2, -0.15) is 0 Å². The lowest BCUT2D eigenvalue weighted by Gasteiger charge is -2.09. The van der Waals surface area contributed by atoms with Gasteiger partial charge in [0.25, 0.3) is 0 Å². The number of hydrogen-bond donors (Lipinski definition) is 0. The second kappa shape index (κ2) is 9.52. The topological polar surface area (TPSA) is 57.0 Å². The fourth-order valence-corrected chi connectivity index (χ4v) is 3.54. The average molecular weight is 412 g/mol. The highest BCUT2D eigenvalue weighted by Gasteiger charge is 2.15. The van der Waals surface area contributed by atoms with E-state index >= 15 is 0 Å². The van der Waals surface area contributed by atoms with E-state index in [4.69, 9.17) is 4.74 Å². The fraction of sp³-hybridized carbons (Fsp3) is 0.227. The Hall–Kier alpha value is -2.93. The summed E-state index contributed by atoms with van der Waals surface area (Å²) in [6, 6.07) is 11.9. The third kappa shape index (κ3) is 5.12. The zero-order chi connectivity index (χ0) is 20.8. The van der Waals surface area contributed by atoms with Crippen molar-refractivity contribution >= 4 is 17.5 Å². The van der Waals surface area contributed by atoms with Crippen LogP contribution in [0.1, 0.15) is 27.3 Å². The number of halogens is 1. The molecular formula is C22H22FN3O2S. The predicted molar refractivity (Wildman–Crippen MR) is 112 cm³/mol. The molecule has 0 amide bonds. The number of para-hydroxylation sites is 1. The Morgan fingerprint density at radius 2 is 2.00 bits per heavy atom. The number of benzene rings is 2. The number of ether oxygens (including phenoxy) is 1. The van der Waals surface area contributed by atoms with E-state index in [9.17, 15) is 9.18 Å². The number of aromatic nitrogens is 3. The average Bonchev–Trinajstić information content (AvgIpc) is 3.09. The number of allylic oxidation sites excluding steroid dienone is 1. The van der Waals surface area contributed by atoms with Crippen LogP contribution in [0.15, 0.2) is 60.3 Å². The monoisotopic (exact) mass is 411 g/mol. The van der Waals surface area contributed by atoms with Gasteiger partial charge in [0, 0.05) is 12.1 Å². The molecule has 0 radical (unpaired) electrons. The van der Waals surface area contributed by atoms with Crippen LogP contribution in [0.2, 0.25) is 0 Å². The molecule has 0 unspecified atom stereocenters. The van der Waals surface area contributed by atoms with Crippen molar-refractivity contribution in [1.29, 1.82) is 0 Å². The van der Waals surface area contributed by atoms with Crippen LogP contribution in [0, 0.1) is 19.7 Å². The van der Waals surface area contributed by atoms with Crippen molar-refractivity contribution in [2.75, 3.05) is 5.75 Å². The van der Waals surface area contributed by atoms with E-state index in [1.807, 2.05) is 36.6 Å². The Bertz CT molecular complexity index is 1030. The Morgan fingerprint density at radius 1 is 1.21 bits per heavy atom. The molecule has 1 aromatic heterocycles. The summed E-state index contributed by atoms with van der Waals surface area (Å²) in [5.74, 6) is 0.520. The first-order valence-electron chi connectivity index (χ1n) is 9.13. The van der Waals surface area contributed by atoms with E-state index in [1.54, 1.807) is 24.3 Å². The smallest absolute Gasteiger partial charge is 0.192 e. The van der Waals surface area contributed by atoms with Gasteiger partial charge in [-0.3, -0.25) is 9.36 Å². The SMILES string of the molecule is C=CCn1c(COc2ccccc2F)nnc1SCC(=O)c1ccc(C)c(C)c1. The standard InChI is InChI=1S/C22H22FN3O2S/c1-4-11-26-21(13-28-20-8-6-5-7-18(20)23)24-25-22(26)29-14-19(27)17-10-9-15(2)16(3)12-17/h4-10,12H,1,11,13-14H2,2-3H3. The van der Waals surface area contributed by atoms with Gasteiger partial charge < -0.3 is 4.74 Å². The van der Waals surface area contributed by atoms with Crippen molar-refractivity contribution in [3.63, 3.8) is 0 Å². The Morgan fingerprint density at radius 3 is 2.72 bits per heavy atom. The number of aryl methyl sites for hydroxylation is 2. The third-order valence-electron chi connectivity index (χ3n) is 4.46. The minimum Gasteiger partial charge on any atom is -0.483 e. The first-order valence-corrected chi connectivity index (χ1v) is 10.1. The molecule has 0 saturated heterocycles. The molecule has 0 aliphatic carbocycles. The first-order chi connectivity index (χ1) is 14.0. The summed E-state index contributed by atoms with van der Waals surface area (Å²) < 4.78 is 21.1. The van der Waals surface area contributed by atoms with Crippen LogP contribution >= 0.6 is 11.8 Å². The first kappa shape index (κ1) is 20.8. The number of carbonyl (C=O) groups is 1. The summed E-state index contributed by atoms with van der Waals surface area (Å²) in [6.45, 7) is 8.28. The summed E-state index contributed by atoms with van der Waals surface area (Å²) in [4.78, 5) is 12.5. The second-order valence-electron chi connectivity index (χ2n) is 6.53. The van der Waals surface area contributed by atoms with Crippen LogP contribution < -0.4 is 4.74 Å². The van der Waals surface area contributed by atoms with E-state index in [1.165, 1.54) is 17.8 Å². The minimum atomic E-state index is -0.434. The molecule has 150 valence electrons. The van der Waals surface area contributed by atoms with Crippen LogP contribution in [-0.2, 0) is 13.2 Å². The van der Waals surface area contributed by atoms with Crippen LogP contribution in [0.25, 0.3) is 0 Å². The number of rotatable bonds is 9. The van der Waals surface area contributed by atoms with Crippen LogP contribution in [0.4, 0.5) is 4.39 Å². The number of carbonyl (C=O) groups excluding carboxylic acids is 1. The lowest BCUT2D eigenvalue weighted by molar-refractivity contribution is 0.102. The highest BCUT2D eigenvalue weighted by Crippen LogP contribution is 2.22. The van der Waals surface area contributed by atoms with Crippen molar-refractivity contribution in [3.05, 3.63) is 83.5 Å². The van der Waals surface area contributed by atoms with E-state index in [0.29, 0.717) is 23.1 Å². The normalized spacial score (nSPS) is 10.7. The molecule has 3 rings (SSSR count). The van der Waals surface area contributed by atoms with Crippen molar-refractivity contribution in [2.24, 2.45) is 0 Å². The molecule has 5 nitrogen and oxygen atoms in total. The van der Waals surface area contributed by atoms with Gasteiger partial charge >= 0.3 is 0 Å². The van der Waals surface area contributed by atoms with Gasteiger partial charge in [0.2, 0.25) is 0 Å². The summed E-state index contributed by atoms with van der Waals surface area (Å²) in [5.41, 5.74) is 2.92. The summed E-state index contributed by atoms with van der Waals surface area (Å²) in [6.07, 6.45) is 1.71. The fourth-order valence-electron chi connectivity index (χ4n) is 2.68. The molecule has 0 bridgehead atoms. The molecule has 0 aliphatic heterocycles. The number of thioether (sulfide) groups is 1. The van der Waals surface area contributed by atoms with E-state index in [2.05, 4.69) is 16.8 Å². The van der Waals surface area contributed by atoms with E-state index < -0.39 is 5.82 Å². The maximum Gasteiger partial charge on any atom is 0.192 e. The number of nitrogens with zero attached hydrogens (tertiary/aromatic N) is 3. The largest absolute Gasteiger partial charge is 0.483 e. The molecule has 3 aromatic rings. The van der Waals surface area contributed by atoms with Crippen LogP contribution in [0.5, 0.6) is 5.75 Å². The number of hydrogen-bond acceptors (Lipinski definition) is 5. The van der Waals surface area contributed by atoms with Gasteiger partial charge in [0.15, 0.2) is 28.3 Å². The summed E-state index contributed by atoms with van der Waals surface area (Å²) in [7, 11) is 0. The highest BCUT2D eigenvalue weighted by atomic mass is 32.2. The molecule has 0 spiro atoms. The van der Waals surface area contributed by atoms with E-state index in [0.717, 1.165) is 11.1 Å². The maximum absolute atomic E-state index is 13.7. The lowest BCUT2D eigenvalue weighted by atomic mass is 10.0. The van der Waals surface area contributed by atoms with Gasteiger partial charge in [0.05, 0.1) is 5.75 Å². The van der Waals surface area contributed by atoms with Crippen molar-refractivity contribution in [1.82, 2.24) is 14.8 Å². The molecular weight excluding hydrogens is 389 g/mol. The summed E-state index contributed by atoms with van der Waals surface area (Å²) >= 11 is 1.31. The summed E-state index contributed by atoms with van der Waals surface area (Å²) in [5, 5.41) is 8.90. The molecule has 1 heterocycles. The molecule has 29 heavy (non-hydrogen) atoms. The Kier molecular flexibility index (Phi) is 6.82. The van der Waals surface area contributed by atoms with Gasteiger partial charge in [-0.1, -0.05) is 42.1 Å². The molecule has 0 saturated carbocycles. The maximum atomic E-state index is 13.7. The zero-order valence-electron chi connectivity index (χ0n) is 16.4. The van der Waals surface area contributed by atoms with Crippen molar-refractivity contribution in [2.45, 2.75) is 32.2 Å². The zero-order valence-corrected chi connectivity index (χ0v) is 17.2. The van der Waals surface area contributed by atoms with Crippen LogP contribution in [0.3, 0.4) is 0 Å². The van der Waals surface area contributed by atoms with Crippen LogP contribution in [-0.4, -0.2) is 26.3 Å². The quantitative estimate of drug-likeness (QED) is 0.288. The van der Waals surface area contributed by atoms with Gasteiger partial charge in [-0.15, -0.1) is 16.8 Å². The number of Topliss-reactive ketones (excluding diaryl/α,β-unsaturated/α-hetero) is 1. The number of ketones is 1. The third-order valence-corrected chi connectivity index (χ3v) is 5.43. The van der Waals surface area contributed by atoms with E-state index in [-0.39, 0.29) is 23.9 Å². The lowest BCUT2D eigenvalue weighted by Crippen LogP contribution is -2.09. The molecule has 7 heteroatoms. The highest BCUT2D eigenvalue weighted by molar-refractivity contribution is 7.99. The second-order valence-corrected chi connectivity index (χ2v) is 7.47. The van der Waals surface area contributed by atoms with Crippen molar-refractivity contribution < 1.29 is 13.9 Å². The van der Waals surface area contributed by atoms with Crippen molar-refractivity contribution in [3.8, 4) is 5.75 Å². The van der Waals surface area contributed by atoms with Gasteiger partial charge in [0.1, 0.15) is 6.61 Å². The Balaban J connectivity index is 1.69. The van der Waals surface area contributed by atoms with Gasteiger partial charge in [-0.25, -0.2) is 4.39 Å².